The second kappa shape index (κ2) is 8.16. The summed E-state index contributed by atoms with van der Waals surface area (Å²) in [5, 5.41) is 2.84. The fourth-order valence-corrected chi connectivity index (χ4v) is 3.87. The van der Waals surface area contributed by atoms with Crippen LogP contribution in [0.5, 0.6) is 0 Å². The number of amides is 1. The van der Waals surface area contributed by atoms with Gasteiger partial charge in [0.1, 0.15) is 6.04 Å². The predicted molar refractivity (Wildman–Crippen MR) is 101 cm³/mol. The molecule has 6 heteroatoms. The summed E-state index contributed by atoms with van der Waals surface area (Å²) in [6.45, 7) is 4.10. The molecule has 0 bridgehead atoms. The molecule has 1 unspecified atom stereocenters. The summed E-state index contributed by atoms with van der Waals surface area (Å²) >= 11 is 0. The lowest BCUT2D eigenvalue weighted by atomic mass is 10.1. The normalized spacial score (nSPS) is 12.4. The van der Waals surface area contributed by atoms with Crippen LogP contribution >= 0.6 is 0 Å². The first-order valence-corrected chi connectivity index (χ1v) is 10.1. The molecule has 0 aliphatic rings. The molecule has 0 radical (unpaired) electrons. The molecule has 25 heavy (non-hydrogen) atoms. The lowest BCUT2D eigenvalue weighted by molar-refractivity contribution is -0.122. The average molecular weight is 360 g/mol. The smallest absolute Gasteiger partial charge is 0.244 e. The summed E-state index contributed by atoms with van der Waals surface area (Å²) in [7, 11) is -3.60. The zero-order valence-corrected chi connectivity index (χ0v) is 15.6. The number of hydrogen-bond acceptors (Lipinski definition) is 3. The van der Waals surface area contributed by atoms with Crippen LogP contribution in [-0.4, -0.2) is 26.6 Å². The van der Waals surface area contributed by atoms with Crippen molar-refractivity contribution >= 4 is 21.6 Å². The first-order chi connectivity index (χ1) is 11.8. The van der Waals surface area contributed by atoms with Crippen LogP contribution in [0, 0.1) is 6.92 Å². The molecule has 0 saturated carbocycles. The first-order valence-electron chi connectivity index (χ1n) is 8.20. The minimum Gasteiger partial charge on any atom is -0.350 e. The van der Waals surface area contributed by atoms with Gasteiger partial charge in [-0.25, -0.2) is 8.42 Å². The van der Waals surface area contributed by atoms with Gasteiger partial charge in [0.15, 0.2) is 0 Å². The number of nitrogens with one attached hydrogen (secondary N) is 1. The maximum absolute atomic E-state index is 12.7. The zero-order valence-electron chi connectivity index (χ0n) is 14.8. The minimum atomic E-state index is -3.60. The fourth-order valence-electron chi connectivity index (χ4n) is 2.65. The Morgan fingerprint density at radius 2 is 1.68 bits per heavy atom. The number of carbonyl (C=O) groups is 1. The van der Waals surface area contributed by atoms with Crippen LogP contribution in [0.1, 0.15) is 24.5 Å². The van der Waals surface area contributed by atoms with E-state index in [-0.39, 0.29) is 5.91 Å². The van der Waals surface area contributed by atoms with Crippen LogP contribution in [-0.2, 0) is 21.4 Å². The summed E-state index contributed by atoms with van der Waals surface area (Å²) in [5.41, 5.74) is 2.49. The number of carbonyl (C=O) groups excluding carboxylic acids is 1. The van der Waals surface area contributed by atoms with Crippen LogP contribution in [0.2, 0.25) is 0 Å². The second-order valence-corrected chi connectivity index (χ2v) is 7.88. The molecule has 2 aromatic carbocycles. The Hall–Kier alpha value is -2.34. The quantitative estimate of drug-likeness (QED) is 0.826. The Balaban J connectivity index is 2.23. The molecule has 0 aliphatic heterocycles. The van der Waals surface area contributed by atoms with Crippen molar-refractivity contribution in [1.29, 1.82) is 0 Å². The summed E-state index contributed by atoms with van der Waals surface area (Å²) < 4.78 is 25.9. The van der Waals surface area contributed by atoms with Gasteiger partial charge in [0.25, 0.3) is 0 Å². The first kappa shape index (κ1) is 19.0. The Kier molecular flexibility index (Phi) is 6.20. The van der Waals surface area contributed by atoms with Crippen molar-refractivity contribution in [2.75, 3.05) is 10.6 Å². The van der Waals surface area contributed by atoms with Crippen LogP contribution in [0.25, 0.3) is 0 Å². The molecule has 2 rings (SSSR count). The third-order valence-corrected chi connectivity index (χ3v) is 5.11. The van der Waals surface area contributed by atoms with E-state index >= 15 is 0 Å². The fraction of sp³-hybridized carbons (Fsp3) is 0.316. The van der Waals surface area contributed by atoms with Gasteiger partial charge in [-0.1, -0.05) is 55.0 Å². The summed E-state index contributed by atoms with van der Waals surface area (Å²) in [4.78, 5) is 12.7. The van der Waals surface area contributed by atoms with Crippen molar-refractivity contribution in [2.24, 2.45) is 0 Å². The van der Waals surface area contributed by atoms with Gasteiger partial charge in [0.05, 0.1) is 11.9 Å². The summed E-state index contributed by atoms with van der Waals surface area (Å²) in [5.74, 6) is -0.308. The van der Waals surface area contributed by atoms with Crippen LogP contribution in [0.4, 0.5) is 5.69 Å². The van der Waals surface area contributed by atoms with Gasteiger partial charge < -0.3 is 5.32 Å². The molecule has 2 aromatic rings. The third kappa shape index (κ3) is 5.06. The van der Waals surface area contributed by atoms with Crippen LogP contribution in [0.15, 0.2) is 54.6 Å². The molecule has 0 fully saturated rings. The van der Waals surface area contributed by atoms with Crippen molar-refractivity contribution in [2.45, 2.75) is 32.9 Å². The number of nitrogens with zero attached hydrogens (tertiary/aromatic N) is 1. The Morgan fingerprint density at radius 3 is 2.20 bits per heavy atom. The summed E-state index contributed by atoms with van der Waals surface area (Å²) in [6.07, 6.45) is 1.50. The second-order valence-electron chi connectivity index (χ2n) is 6.02. The molecule has 0 aliphatic carbocycles. The lowest BCUT2D eigenvalue weighted by Gasteiger charge is -2.30. The molecule has 1 amide bonds. The SMILES string of the molecule is CCC(C(=O)NCc1ccccc1)N(c1ccc(C)cc1)S(C)(=O)=O. The van der Waals surface area contributed by atoms with E-state index in [9.17, 15) is 13.2 Å². The maximum atomic E-state index is 12.7. The van der Waals surface area contributed by atoms with Crippen molar-refractivity contribution in [3.8, 4) is 0 Å². The van der Waals surface area contributed by atoms with Crippen molar-refractivity contribution < 1.29 is 13.2 Å². The number of sulfonamides is 1. The highest BCUT2D eigenvalue weighted by Gasteiger charge is 2.31. The van der Waals surface area contributed by atoms with Gasteiger partial charge >= 0.3 is 0 Å². The minimum absolute atomic E-state index is 0.308. The molecule has 0 heterocycles. The molecular formula is C19H24N2O3S. The molecule has 1 atom stereocenters. The molecule has 5 nitrogen and oxygen atoms in total. The molecule has 134 valence electrons. The Labute approximate surface area is 149 Å². The van der Waals surface area contributed by atoms with Crippen molar-refractivity contribution in [3.05, 3.63) is 65.7 Å². The Morgan fingerprint density at radius 1 is 1.08 bits per heavy atom. The Bertz CT molecular complexity index is 802. The van der Waals surface area contributed by atoms with E-state index in [2.05, 4.69) is 5.32 Å². The topological polar surface area (TPSA) is 66.5 Å². The van der Waals surface area contributed by atoms with Crippen LogP contribution < -0.4 is 9.62 Å². The molecule has 0 aromatic heterocycles. The number of benzene rings is 2. The molecule has 1 N–H and O–H groups in total. The molecule has 0 saturated heterocycles. The summed E-state index contributed by atoms with van der Waals surface area (Å²) in [6, 6.07) is 15.9. The number of hydrogen-bond donors (Lipinski definition) is 1. The highest BCUT2D eigenvalue weighted by atomic mass is 32.2. The van der Waals surface area contributed by atoms with E-state index in [1.54, 1.807) is 19.1 Å². The van der Waals surface area contributed by atoms with Crippen LogP contribution in [0.3, 0.4) is 0 Å². The van der Waals surface area contributed by atoms with E-state index in [1.807, 2.05) is 49.4 Å². The lowest BCUT2D eigenvalue weighted by Crippen LogP contribution is -2.49. The van der Waals surface area contributed by atoms with Gasteiger partial charge in [-0.2, -0.15) is 0 Å². The maximum Gasteiger partial charge on any atom is 0.244 e. The van der Waals surface area contributed by atoms with E-state index < -0.39 is 16.1 Å². The molecule has 0 spiro atoms. The highest BCUT2D eigenvalue weighted by Crippen LogP contribution is 2.23. The van der Waals surface area contributed by atoms with Gasteiger partial charge in [-0.05, 0) is 31.0 Å². The van der Waals surface area contributed by atoms with E-state index in [0.29, 0.717) is 18.7 Å². The zero-order chi connectivity index (χ0) is 18.4. The van der Waals surface area contributed by atoms with E-state index in [0.717, 1.165) is 17.4 Å². The average Bonchev–Trinajstić information content (AvgIpc) is 2.58. The largest absolute Gasteiger partial charge is 0.350 e. The van der Waals surface area contributed by atoms with Crippen molar-refractivity contribution in [3.63, 3.8) is 0 Å². The number of aryl methyl sites for hydroxylation is 1. The predicted octanol–water partition coefficient (Wildman–Crippen LogP) is 2.86. The van der Waals surface area contributed by atoms with Gasteiger partial charge in [-0.3, -0.25) is 9.10 Å². The van der Waals surface area contributed by atoms with E-state index in [4.69, 9.17) is 0 Å². The highest BCUT2D eigenvalue weighted by molar-refractivity contribution is 7.92. The number of anilines is 1. The standard InChI is InChI=1S/C19H24N2O3S/c1-4-18(19(22)20-14-16-8-6-5-7-9-16)21(25(3,23)24)17-12-10-15(2)11-13-17/h5-13,18H,4,14H2,1-3H3,(H,20,22). The monoisotopic (exact) mass is 360 g/mol. The van der Waals surface area contributed by atoms with E-state index in [1.165, 1.54) is 4.31 Å². The van der Waals surface area contributed by atoms with Gasteiger partial charge in [0.2, 0.25) is 15.9 Å². The molecular weight excluding hydrogens is 336 g/mol. The van der Waals surface area contributed by atoms with Gasteiger partial charge in [-0.15, -0.1) is 0 Å². The van der Waals surface area contributed by atoms with Gasteiger partial charge in [0, 0.05) is 6.54 Å². The van der Waals surface area contributed by atoms with Crippen molar-refractivity contribution in [1.82, 2.24) is 5.32 Å². The number of rotatable bonds is 7. The third-order valence-electron chi connectivity index (χ3n) is 3.93.